The summed E-state index contributed by atoms with van der Waals surface area (Å²) in [5.41, 5.74) is 6.71. The van der Waals surface area contributed by atoms with Crippen molar-refractivity contribution in [1.29, 1.82) is 0 Å². The quantitative estimate of drug-likeness (QED) is 0.595. The number of fused-ring (bicyclic) bond motifs is 5. The van der Waals surface area contributed by atoms with Crippen molar-refractivity contribution in [2.75, 3.05) is 0 Å². The Bertz CT molecular complexity index is 728. The third-order valence-electron chi connectivity index (χ3n) is 8.59. The molecule has 0 spiro atoms. The summed E-state index contributed by atoms with van der Waals surface area (Å²) in [6, 6.07) is 0. The fraction of sp³-hybridized carbons (Fsp3) is 0.773. The largest absolute Gasteiger partial charge is 0.462 e. The van der Waals surface area contributed by atoms with E-state index in [0.29, 0.717) is 24.2 Å². The van der Waals surface area contributed by atoms with Crippen molar-refractivity contribution < 1.29 is 19.1 Å². The van der Waals surface area contributed by atoms with Crippen LogP contribution in [0.5, 0.6) is 0 Å². The number of amides is 1. The molecular weight excluding hydrogens is 342 g/mol. The molecule has 0 aliphatic heterocycles. The maximum absolute atomic E-state index is 12.3. The van der Waals surface area contributed by atoms with E-state index < -0.39 is 11.8 Å². The summed E-state index contributed by atoms with van der Waals surface area (Å²) < 4.78 is 5.70. The number of ether oxygens (including phenoxy) is 1. The van der Waals surface area contributed by atoms with Gasteiger partial charge in [0.1, 0.15) is 12.0 Å². The van der Waals surface area contributed by atoms with E-state index in [4.69, 9.17) is 10.5 Å². The topological polar surface area (TPSA) is 86.5 Å². The monoisotopic (exact) mass is 373 g/mol. The molecular formula is C22H31NO4. The molecule has 0 saturated heterocycles. The van der Waals surface area contributed by atoms with E-state index in [-0.39, 0.29) is 28.7 Å². The summed E-state index contributed by atoms with van der Waals surface area (Å²) in [6.45, 7) is 6.06. The number of allylic oxidation sites excluding steroid dienone is 1. The van der Waals surface area contributed by atoms with E-state index in [9.17, 15) is 14.4 Å². The minimum atomic E-state index is -0.678. The molecule has 27 heavy (non-hydrogen) atoms. The number of ketones is 1. The van der Waals surface area contributed by atoms with E-state index in [0.717, 1.165) is 38.5 Å². The van der Waals surface area contributed by atoms with Crippen molar-refractivity contribution in [3.63, 3.8) is 0 Å². The van der Waals surface area contributed by atoms with Crippen LogP contribution in [0.25, 0.3) is 0 Å². The molecule has 5 nitrogen and oxygen atoms in total. The van der Waals surface area contributed by atoms with Crippen LogP contribution in [0, 0.1) is 34.5 Å². The Morgan fingerprint density at radius 3 is 2.56 bits per heavy atom. The first-order chi connectivity index (χ1) is 12.7. The van der Waals surface area contributed by atoms with Crippen LogP contribution in [-0.4, -0.2) is 23.8 Å². The van der Waals surface area contributed by atoms with E-state index in [1.54, 1.807) is 6.08 Å². The van der Waals surface area contributed by atoms with Gasteiger partial charge in [-0.2, -0.15) is 0 Å². The molecule has 3 fully saturated rings. The Morgan fingerprint density at radius 2 is 1.89 bits per heavy atom. The summed E-state index contributed by atoms with van der Waals surface area (Å²) in [6.07, 6.45) is 8.49. The number of carbonyl (C=O) groups is 3. The number of rotatable bonds is 2. The molecule has 0 radical (unpaired) electrons. The highest BCUT2D eigenvalue weighted by molar-refractivity contribution is 6.07. The smallest absolute Gasteiger partial charge is 0.302 e. The number of primary amides is 1. The maximum Gasteiger partial charge on any atom is 0.302 e. The van der Waals surface area contributed by atoms with Gasteiger partial charge in [-0.15, -0.1) is 0 Å². The van der Waals surface area contributed by atoms with Gasteiger partial charge in [0.05, 0.1) is 0 Å². The molecule has 2 N–H and O–H groups in total. The average Bonchev–Trinajstić information content (AvgIpc) is 2.91. The number of hydrogen-bond acceptors (Lipinski definition) is 4. The lowest BCUT2D eigenvalue weighted by Gasteiger charge is -2.58. The molecule has 0 heterocycles. The second-order valence-electron chi connectivity index (χ2n) is 9.78. The first-order valence-corrected chi connectivity index (χ1v) is 10.4. The van der Waals surface area contributed by atoms with Gasteiger partial charge in [0, 0.05) is 12.3 Å². The van der Waals surface area contributed by atoms with Crippen LogP contribution in [0.2, 0.25) is 0 Å². The van der Waals surface area contributed by atoms with Gasteiger partial charge in [-0.05, 0) is 74.2 Å². The van der Waals surface area contributed by atoms with E-state index in [2.05, 4.69) is 13.8 Å². The lowest BCUT2D eigenvalue weighted by molar-refractivity contribution is -0.157. The highest BCUT2D eigenvalue weighted by Crippen LogP contribution is 2.65. The molecule has 3 saturated carbocycles. The van der Waals surface area contributed by atoms with Gasteiger partial charge in [0.25, 0.3) is 0 Å². The van der Waals surface area contributed by atoms with Crippen LogP contribution in [-0.2, 0) is 19.1 Å². The fourth-order valence-corrected chi connectivity index (χ4v) is 7.23. The standard InChI is InChI=1S/C22H31NO4/c1-12(24)27-19-7-6-16-14-5-4-13-10-18(25)15(20(23)26)11-22(13,3)17(14)8-9-21(16,19)2/h10,14-17,19H,4-9,11H2,1-3H3,(H2,23,26)/t14-,15?,16-,17-,19-,21-,22-/m0/s1. The first-order valence-electron chi connectivity index (χ1n) is 10.4. The molecule has 4 aliphatic rings. The first kappa shape index (κ1) is 18.7. The van der Waals surface area contributed by atoms with Gasteiger partial charge in [-0.3, -0.25) is 14.4 Å². The highest BCUT2D eigenvalue weighted by atomic mass is 16.5. The molecule has 5 heteroatoms. The van der Waals surface area contributed by atoms with Crippen LogP contribution in [0.1, 0.15) is 65.7 Å². The third kappa shape index (κ3) is 2.68. The van der Waals surface area contributed by atoms with Gasteiger partial charge < -0.3 is 10.5 Å². The average molecular weight is 373 g/mol. The molecule has 0 aromatic rings. The zero-order valence-electron chi connectivity index (χ0n) is 16.6. The van der Waals surface area contributed by atoms with Gasteiger partial charge in [0.2, 0.25) is 5.91 Å². The Kier molecular flexibility index (Phi) is 4.28. The number of hydrogen-bond donors (Lipinski definition) is 1. The molecule has 4 rings (SSSR count). The fourth-order valence-electron chi connectivity index (χ4n) is 7.23. The van der Waals surface area contributed by atoms with E-state index in [1.165, 1.54) is 12.5 Å². The van der Waals surface area contributed by atoms with Gasteiger partial charge >= 0.3 is 5.97 Å². The molecule has 0 bridgehead atoms. The zero-order valence-corrected chi connectivity index (χ0v) is 16.6. The maximum atomic E-state index is 12.3. The number of esters is 1. The summed E-state index contributed by atoms with van der Waals surface area (Å²) in [5.74, 6) is 0.126. The van der Waals surface area contributed by atoms with Crippen molar-refractivity contribution >= 4 is 17.7 Å². The Morgan fingerprint density at radius 1 is 1.15 bits per heavy atom. The Balaban J connectivity index is 1.64. The molecule has 1 amide bonds. The van der Waals surface area contributed by atoms with Crippen LogP contribution in [0.3, 0.4) is 0 Å². The lowest BCUT2D eigenvalue weighted by Crippen LogP contribution is -2.53. The Hall–Kier alpha value is -1.65. The minimum Gasteiger partial charge on any atom is -0.462 e. The van der Waals surface area contributed by atoms with Crippen molar-refractivity contribution in [2.45, 2.75) is 71.8 Å². The summed E-state index contributed by atoms with van der Waals surface area (Å²) in [7, 11) is 0. The lowest BCUT2D eigenvalue weighted by atomic mass is 9.46. The molecule has 0 aromatic carbocycles. The predicted molar refractivity (Wildman–Crippen MR) is 100 cm³/mol. The molecule has 7 atom stereocenters. The van der Waals surface area contributed by atoms with Crippen molar-refractivity contribution in [1.82, 2.24) is 0 Å². The van der Waals surface area contributed by atoms with Gasteiger partial charge in [-0.1, -0.05) is 19.4 Å². The van der Waals surface area contributed by atoms with Crippen molar-refractivity contribution in [3.05, 3.63) is 11.6 Å². The van der Waals surface area contributed by atoms with E-state index in [1.807, 2.05) is 0 Å². The molecule has 148 valence electrons. The summed E-state index contributed by atoms with van der Waals surface area (Å²) >= 11 is 0. The van der Waals surface area contributed by atoms with Gasteiger partial charge in [-0.25, -0.2) is 0 Å². The van der Waals surface area contributed by atoms with Crippen LogP contribution in [0.15, 0.2) is 11.6 Å². The molecule has 1 unspecified atom stereocenters. The summed E-state index contributed by atoms with van der Waals surface area (Å²) in [4.78, 5) is 35.8. The predicted octanol–water partition coefficient (Wildman–Crippen LogP) is 3.16. The molecule has 4 aliphatic carbocycles. The number of nitrogens with two attached hydrogens (primary N) is 1. The second-order valence-corrected chi connectivity index (χ2v) is 9.78. The van der Waals surface area contributed by atoms with Crippen LogP contribution in [0.4, 0.5) is 0 Å². The SMILES string of the molecule is CC(=O)O[C@H]1CC[C@H]2[C@@H]3CCC4=CC(=O)C(C(N)=O)C[C@]4(C)[C@H]3CC[C@]12C. The zero-order chi connectivity index (χ0) is 19.6. The normalized spacial score (nSPS) is 46.0. The van der Waals surface area contributed by atoms with Crippen molar-refractivity contribution in [3.8, 4) is 0 Å². The minimum absolute atomic E-state index is 0.0250. The Labute approximate surface area is 161 Å². The summed E-state index contributed by atoms with van der Waals surface area (Å²) in [5, 5.41) is 0. The van der Waals surface area contributed by atoms with Crippen LogP contribution < -0.4 is 5.73 Å². The highest BCUT2D eigenvalue weighted by Gasteiger charge is 2.60. The third-order valence-corrected chi connectivity index (χ3v) is 8.59. The van der Waals surface area contributed by atoms with Crippen molar-refractivity contribution in [2.24, 2.45) is 40.2 Å². The van der Waals surface area contributed by atoms with Crippen LogP contribution >= 0.6 is 0 Å². The molecule has 0 aromatic heterocycles. The second kappa shape index (κ2) is 6.18. The van der Waals surface area contributed by atoms with Gasteiger partial charge in [0.15, 0.2) is 5.78 Å². The number of carbonyl (C=O) groups excluding carboxylic acids is 3. The van der Waals surface area contributed by atoms with E-state index >= 15 is 0 Å².